The molecule has 4 aliphatic heterocycles. The molecule has 5 aliphatic rings. The molecule has 18 heteroatoms. The number of fused-ring (bicyclic) bond motifs is 2. The van der Waals surface area contributed by atoms with Gasteiger partial charge in [0.1, 0.15) is 23.5 Å². The summed E-state index contributed by atoms with van der Waals surface area (Å²) in [5, 5.41) is 37.3. The van der Waals surface area contributed by atoms with E-state index in [4.69, 9.17) is 20.2 Å². The van der Waals surface area contributed by atoms with Crippen LogP contribution in [0.4, 0.5) is 17.5 Å². The minimum atomic E-state index is -0.788. The van der Waals surface area contributed by atoms with Crippen LogP contribution < -0.4 is 20.9 Å². The third kappa shape index (κ3) is 10.0. The van der Waals surface area contributed by atoms with Crippen molar-refractivity contribution in [2.45, 2.75) is 133 Å². The highest BCUT2D eigenvalue weighted by molar-refractivity contribution is 7.13. The average Bonchev–Trinajstić information content (AvgIpc) is 4.22. The lowest BCUT2D eigenvalue weighted by molar-refractivity contribution is -0.141. The van der Waals surface area contributed by atoms with Crippen molar-refractivity contribution in [1.29, 1.82) is 0 Å². The van der Waals surface area contributed by atoms with Crippen LogP contribution in [0.2, 0.25) is 0 Å². The lowest BCUT2D eigenvalue weighted by Gasteiger charge is -2.42. The zero-order chi connectivity index (χ0) is 50.3. The van der Waals surface area contributed by atoms with Gasteiger partial charge < -0.3 is 45.4 Å². The van der Waals surface area contributed by atoms with Gasteiger partial charge in [0.25, 0.3) is 0 Å². The van der Waals surface area contributed by atoms with Crippen molar-refractivity contribution < 1.29 is 24.3 Å². The fourth-order valence-corrected chi connectivity index (χ4v) is 13.2. The topological polar surface area (TPSA) is 216 Å². The van der Waals surface area contributed by atoms with Crippen molar-refractivity contribution in [3.05, 3.63) is 107 Å². The second kappa shape index (κ2) is 20.8. The van der Waals surface area contributed by atoms with Gasteiger partial charge in [0.15, 0.2) is 5.82 Å². The molecule has 5 atom stereocenters. The molecular formula is C55H66N12O5S. The summed E-state index contributed by atoms with van der Waals surface area (Å²) in [7, 11) is 0. The van der Waals surface area contributed by atoms with Crippen LogP contribution in [0.15, 0.2) is 83.1 Å². The van der Waals surface area contributed by atoms with Crippen molar-refractivity contribution in [2.75, 3.05) is 48.3 Å². The van der Waals surface area contributed by atoms with Gasteiger partial charge in [-0.1, -0.05) is 55.4 Å². The number of β-amino-alcohol motifs (C(OH)–C–C–N with tert-alkyl or cyclic N) is 1. The minimum Gasteiger partial charge on any atom is -0.507 e. The SMILES string of the molecule is Cc1ncsc1-c1ccc(CNC(=O)[C@@H]2C[C@@H](O)CN2C(=O)C(c2cc([C@H]3CC[C@H](N4CCC(c5cnc(N6C7CCC6CN(c6cc(-c8ccccc8O)nnc6N)C7)nc5)CC4)CC3)no2)C(C)C)cc1. The summed E-state index contributed by atoms with van der Waals surface area (Å²) < 4.78 is 5.99. The minimum absolute atomic E-state index is 0.0972. The van der Waals surface area contributed by atoms with E-state index < -0.39 is 18.1 Å². The Morgan fingerprint density at radius 3 is 2.26 bits per heavy atom. The maximum absolute atomic E-state index is 14.3. The van der Waals surface area contributed by atoms with Crippen LogP contribution in [0.5, 0.6) is 5.75 Å². The number of nitrogens with zero attached hydrogens (tertiary/aromatic N) is 10. The number of aryl methyl sites for hydroxylation is 1. The molecule has 8 heterocycles. The van der Waals surface area contributed by atoms with Gasteiger partial charge in [0.2, 0.25) is 17.8 Å². The zero-order valence-electron chi connectivity index (χ0n) is 41.9. The first-order valence-corrected chi connectivity index (χ1v) is 27.1. The van der Waals surface area contributed by atoms with Crippen molar-refractivity contribution in [3.8, 4) is 27.4 Å². The Balaban J connectivity index is 0.651. The number of aromatic hydroxyl groups is 1. The molecule has 6 aromatic rings. The van der Waals surface area contributed by atoms with Gasteiger partial charge in [-0.25, -0.2) is 15.0 Å². The Morgan fingerprint density at radius 1 is 0.863 bits per heavy atom. The molecule has 1 saturated carbocycles. The Morgan fingerprint density at radius 2 is 1.58 bits per heavy atom. The summed E-state index contributed by atoms with van der Waals surface area (Å²) in [5.74, 6) is 1.31. The number of phenols is 1. The summed E-state index contributed by atoms with van der Waals surface area (Å²) in [5.41, 5.74) is 15.4. The Bertz CT molecular complexity index is 2880. The summed E-state index contributed by atoms with van der Waals surface area (Å²) in [6, 6.07) is 19.4. The largest absolute Gasteiger partial charge is 0.507 e. The Hall–Kier alpha value is -6.50. The van der Waals surface area contributed by atoms with E-state index in [-0.39, 0.29) is 54.4 Å². The van der Waals surface area contributed by atoms with Gasteiger partial charge in [-0.2, -0.15) is 0 Å². The number of piperidine rings is 1. The Kier molecular flexibility index (Phi) is 13.9. The first-order valence-electron chi connectivity index (χ1n) is 26.2. The van der Waals surface area contributed by atoms with Gasteiger partial charge >= 0.3 is 0 Å². The molecule has 4 aromatic heterocycles. The maximum atomic E-state index is 14.3. The van der Waals surface area contributed by atoms with Crippen molar-refractivity contribution in [1.82, 2.24) is 45.4 Å². The molecule has 2 amide bonds. The first-order chi connectivity index (χ1) is 35.4. The molecule has 17 nitrogen and oxygen atoms in total. The van der Waals surface area contributed by atoms with E-state index in [1.54, 1.807) is 28.4 Å². The highest BCUT2D eigenvalue weighted by atomic mass is 32.1. The number of aliphatic hydroxyl groups is 1. The van der Waals surface area contributed by atoms with Crippen LogP contribution >= 0.6 is 11.3 Å². The number of para-hydroxylation sites is 1. The number of nitrogens with one attached hydrogen (secondary N) is 1. The molecular weight excluding hydrogens is 941 g/mol. The highest BCUT2D eigenvalue weighted by Crippen LogP contribution is 2.41. The number of likely N-dealkylation sites (tertiary alicyclic amines) is 2. The molecule has 4 saturated heterocycles. The summed E-state index contributed by atoms with van der Waals surface area (Å²) in [6.45, 7) is 10.0. The third-order valence-corrected chi connectivity index (χ3v) is 17.4. The number of benzene rings is 2. The maximum Gasteiger partial charge on any atom is 0.243 e. The van der Waals surface area contributed by atoms with Gasteiger partial charge in [0.05, 0.1) is 39.3 Å². The molecule has 11 rings (SSSR count). The van der Waals surface area contributed by atoms with E-state index in [1.165, 1.54) is 5.56 Å². The number of rotatable bonds is 13. The van der Waals surface area contributed by atoms with Crippen molar-refractivity contribution >= 4 is 40.6 Å². The molecule has 5 fully saturated rings. The molecule has 0 radical (unpaired) electrons. The number of phenolic OH excluding ortho intramolecular Hbond substituents is 1. The van der Waals surface area contributed by atoms with Crippen molar-refractivity contribution in [3.63, 3.8) is 0 Å². The van der Waals surface area contributed by atoms with E-state index in [1.807, 2.05) is 74.8 Å². The highest BCUT2D eigenvalue weighted by Gasteiger charge is 2.45. The summed E-state index contributed by atoms with van der Waals surface area (Å²) >= 11 is 1.60. The van der Waals surface area contributed by atoms with Crippen LogP contribution in [0.1, 0.15) is 118 Å². The van der Waals surface area contributed by atoms with Gasteiger partial charge in [-0.3, -0.25) is 9.59 Å². The van der Waals surface area contributed by atoms with E-state index in [9.17, 15) is 19.8 Å². The molecule has 0 spiro atoms. The zero-order valence-corrected chi connectivity index (χ0v) is 42.7. The third-order valence-electron chi connectivity index (χ3n) is 16.4. The number of thiazole rings is 1. The number of piperazine rings is 1. The number of amides is 2. The Labute approximate surface area is 430 Å². The number of aromatic nitrogens is 6. The molecule has 2 aromatic carbocycles. The first kappa shape index (κ1) is 48.8. The number of nitrogen functional groups attached to an aromatic ring is 1. The fourth-order valence-electron chi connectivity index (χ4n) is 12.4. The van der Waals surface area contributed by atoms with Crippen LogP contribution in [0, 0.1) is 12.8 Å². The van der Waals surface area contributed by atoms with Crippen LogP contribution in [-0.4, -0.2) is 125 Å². The number of carbonyl (C=O) groups excluding carboxylic acids is 2. The number of nitrogens with two attached hydrogens (primary N) is 1. The van der Waals surface area contributed by atoms with E-state index in [2.05, 4.69) is 52.7 Å². The second-order valence-corrected chi connectivity index (χ2v) is 22.2. The molecule has 1 aliphatic carbocycles. The van der Waals surface area contributed by atoms with Gasteiger partial charge in [0, 0.05) is 80.7 Å². The number of hydrogen-bond acceptors (Lipinski definition) is 16. The van der Waals surface area contributed by atoms with E-state index in [0.717, 1.165) is 117 Å². The normalized spacial score (nSPS) is 24.1. The quantitative estimate of drug-likeness (QED) is 0.0886. The molecule has 2 bridgehead atoms. The smallest absolute Gasteiger partial charge is 0.243 e. The summed E-state index contributed by atoms with van der Waals surface area (Å²) in [6.07, 6.45) is 11.9. The lowest BCUT2D eigenvalue weighted by Crippen LogP contribution is -2.54. The van der Waals surface area contributed by atoms with Crippen LogP contribution in [0.25, 0.3) is 21.7 Å². The average molecular weight is 1010 g/mol. The molecule has 5 N–H and O–H groups in total. The van der Waals surface area contributed by atoms with Gasteiger partial charge in [-0.05, 0) is 118 Å². The number of carbonyl (C=O) groups is 2. The van der Waals surface area contributed by atoms with Crippen molar-refractivity contribution in [2.24, 2.45) is 5.92 Å². The van der Waals surface area contributed by atoms with Crippen LogP contribution in [0.3, 0.4) is 0 Å². The number of anilines is 3. The molecule has 3 unspecified atom stereocenters. The lowest BCUT2D eigenvalue weighted by atomic mass is 9.81. The monoisotopic (exact) mass is 1010 g/mol. The molecule has 382 valence electrons. The predicted molar refractivity (Wildman–Crippen MR) is 280 cm³/mol. The molecule has 73 heavy (non-hydrogen) atoms. The van der Waals surface area contributed by atoms with E-state index >= 15 is 0 Å². The van der Waals surface area contributed by atoms with E-state index in [0.29, 0.717) is 41.3 Å². The number of aliphatic hydroxyl groups excluding tert-OH is 1. The predicted octanol–water partition coefficient (Wildman–Crippen LogP) is 7.42. The summed E-state index contributed by atoms with van der Waals surface area (Å²) in [4.78, 5) is 52.3. The second-order valence-electron chi connectivity index (χ2n) is 21.3. The number of hydrogen-bond donors (Lipinski definition) is 4. The van der Waals surface area contributed by atoms with Crippen LogP contribution in [-0.2, 0) is 16.1 Å². The standard InChI is InChI=1S/C55H66N12O5S/c1-32(2)50(54(71)66-30-42(68)22-47(66)53(70)57-25-34-8-10-37(11-9-34)51-33(3)60-31-73-51)49-24-44(63-72-49)36-12-14-39(15-13-36)64-20-18-35(19-21-64)38-26-58-55(59-27-38)67-40-16-17-41(67)29-65(28-40)46-23-45(61-62-52(46)56)43-6-4-5-7-48(43)69/h4-11,23-24,26-27,31-32,35-36,39-42,47,50,68-69H,12-22,25,28-30H2,1-3H3,(H2,56,62)(H,57,70)/t36-,39-,40?,41?,42-,47+,50?/m1/s1. The van der Waals surface area contributed by atoms with Gasteiger partial charge in [-0.15, -0.1) is 21.5 Å². The fraction of sp³-hybridized carbons (Fsp3) is 0.491.